The molecule has 116 valence electrons. The summed E-state index contributed by atoms with van der Waals surface area (Å²) < 4.78 is 0. The molecule has 1 aromatic rings. The number of carbonyl (C=O) groups is 2. The molecule has 0 saturated heterocycles. The number of hydrogen-bond acceptors (Lipinski definition) is 3. The molecule has 1 rings (SSSR count). The van der Waals surface area contributed by atoms with Crippen molar-refractivity contribution >= 4 is 11.9 Å². The Morgan fingerprint density at radius 1 is 1.19 bits per heavy atom. The summed E-state index contributed by atoms with van der Waals surface area (Å²) in [6, 6.07) is 9.36. The van der Waals surface area contributed by atoms with Crippen LogP contribution in [0.5, 0.6) is 0 Å². The number of hydrogen-bond donors (Lipinski definition) is 3. The van der Waals surface area contributed by atoms with E-state index < -0.39 is 11.9 Å². The molecule has 1 aromatic carbocycles. The van der Waals surface area contributed by atoms with Crippen LogP contribution in [0.15, 0.2) is 30.3 Å². The van der Waals surface area contributed by atoms with Crippen molar-refractivity contribution in [2.45, 2.75) is 38.6 Å². The third-order valence-electron chi connectivity index (χ3n) is 3.14. The van der Waals surface area contributed by atoms with E-state index in [2.05, 4.69) is 24.5 Å². The SMILES string of the molecule is CC(C)NCCCC(=O)NCC(C(=O)O)c1ccccc1. The molecule has 0 heterocycles. The van der Waals surface area contributed by atoms with Crippen molar-refractivity contribution in [1.29, 1.82) is 0 Å². The molecule has 0 aliphatic rings. The molecular weight excluding hydrogens is 268 g/mol. The Labute approximate surface area is 125 Å². The van der Waals surface area contributed by atoms with Crippen molar-refractivity contribution in [1.82, 2.24) is 10.6 Å². The lowest BCUT2D eigenvalue weighted by Crippen LogP contribution is -2.32. The Hall–Kier alpha value is -1.88. The van der Waals surface area contributed by atoms with Gasteiger partial charge in [-0.15, -0.1) is 0 Å². The number of benzene rings is 1. The van der Waals surface area contributed by atoms with E-state index in [9.17, 15) is 14.7 Å². The first-order chi connectivity index (χ1) is 10.0. The Morgan fingerprint density at radius 3 is 2.43 bits per heavy atom. The zero-order valence-corrected chi connectivity index (χ0v) is 12.6. The van der Waals surface area contributed by atoms with Crippen LogP contribution in [-0.4, -0.2) is 36.1 Å². The summed E-state index contributed by atoms with van der Waals surface area (Å²) >= 11 is 0. The number of carboxylic acid groups (broad SMARTS) is 1. The second-order valence-corrected chi connectivity index (χ2v) is 5.32. The largest absolute Gasteiger partial charge is 0.481 e. The fourth-order valence-electron chi connectivity index (χ4n) is 1.98. The molecule has 0 aliphatic heterocycles. The first kappa shape index (κ1) is 17.2. The highest BCUT2D eigenvalue weighted by atomic mass is 16.4. The average molecular weight is 292 g/mol. The third kappa shape index (κ3) is 6.90. The number of carboxylic acids is 1. The minimum Gasteiger partial charge on any atom is -0.481 e. The van der Waals surface area contributed by atoms with E-state index >= 15 is 0 Å². The van der Waals surface area contributed by atoms with E-state index in [0.717, 1.165) is 13.0 Å². The van der Waals surface area contributed by atoms with Gasteiger partial charge in [0, 0.05) is 19.0 Å². The number of rotatable bonds is 9. The summed E-state index contributed by atoms with van der Waals surface area (Å²) in [6.45, 7) is 5.01. The van der Waals surface area contributed by atoms with Gasteiger partial charge in [0.1, 0.15) is 0 Å². The van der Waals surface area contributed by atoms with Crippen LogP contribution >= 0.6 is 0 Å². The highest BCUT2D eigenvalue weighted by Gasteiger charge is 2.20. The Bertz CT molecular complexity index is 446. The van der Waals surface area contributed by atoms with Gasteiger partial charge in [-0.3, -0.25) is 9.59 Å². The normalized spacial score (nSPS) is 12.1. The Kier molecular flexibility index (Phi) is 7.46. The molecule has 0 aromatic heterocycles. The predicted molar refractivity (Wildman–Crippen MR) is 82.2 cm³/mol. The second kappa shape index (κ2) is 9.13. The van der Waals surface area contributed by atoms with E-state index in [1.807, 2.05) is 6.07 Å². The van der Waals surface area contributed by atoms with Crippen LogP contribution in [-0.2, 0) is 9.59 Å². The van der Waals surface area contributed by atoms with Gasteiger partial charge in [0.05, 0.1) is 5.92 Å². The maximum atomic E-state index is 11.7. The van der Waals surface area contributed by atoms with Crippen molar-refractivity contribution in [2.24, 2.45) is 0 Å². The predicted octanol–water partition coefficient (Wildman–Crippen LogP) is 1.75. The number of carbonyl (C=O) groups excluding carboxylic acids is 1. The second-order valence-electron chi connectivity index (χ2n) is 5.32. The quantitative estimate of drug-likeness (QED) is 0.606. The van der Waals surface area contributed by atoms with Crippen molar-refractivity contribution < 1.29 is 14.7 Å². The van der Waals surface area contributed by atoms with Crippen molar-refractivity contribution in [3.63, 3.8) is 0 Å². The highest BCUT2D eigenvalue weighted by Crippen LogP contribution is 2.14. The maximum absolute atomic E-state index is 11.7. The average Bonchev–Trinajstić information content (AvgIpc) is 2.44. The van der Waals surface area contributed by atoms with Gasteiger partial charge in [-0.25, -0.2) is 0 Å². The van der Waals surface area contributed by atoms with Gasteiger partial charge < -0.3 is 15.7 Å². The van der Waals surface area contributed by atoms with Crippen LogP contribution in [0.1, 0.15) is 38.2 Å². The molecule has 5 nitrogen and oxygen atoms in total. The van der Waals surface area contributed by atoms with E-state index in [1.54, 1.807) is 24.3 Å². The lowest BCUT2D eigenvalue weighted by atomic mass is 9.99. The van der Waals surface area contributed by atoms with Crippen LogP contribution in [0.3, 0.4) is 0 Å². The molecule has 0 fully saturated rings. The van der Waals surface area contributed by atoms with E-state index in [0.29, 0.717) is 18.0 Å². The molecule has 1 atom stereocenters. The van der Waals surface area contributed by atoms with Gasteiger partial charge in [-0.1, -0.05) is 44.2 Å². The van der Waals surface area contributed by atoms with Crippen molar-refractivity contribution in [3.8, 4) is 0 Å². The number of aliphatic carboxylic acids is 1. The van der Waals surface area contributed by atoms with E-state index in [-0.39, 0.29) is 12.5 Å². The minimum atomic E-state index is -0.928. The van der Waals surface area contributed by atoms with E-state index in [1.165, 1.54) is 0 Å². The van der Waals surface area contributed by atoms with Crippen molar-refractivity contribution in [3.05, 3.63) is 35.9 Å². The molecule has 21 heavy (non-hydrogen) atoms. The standard InChI is InChI=1S/C16H24N2O3/c1-12(2)17-10-6-9-15(19)18-11-14(16(20)21)13-7-4-3-5-8-13/h3-5,7-8,12,14,17H,6,9-11H2,1-2H3,(H,18,19)(H,20,21). The van der Waals surface area contributed by atoms with Gasteiger partial charge in [0.2, 0.25) is 5.91 Å². The van der Waals surface area contributed by atoms with Crippen molar-refractivity contribution in [2.75, 3.05) is 13.1 Å². The first-order valence-corrected chi connectivity index (χ1v) is 7.28. The smallest absolute Gasteiger partial charge is 0.312 e. The third-order valence-corrected chi connectivity index (χ3v) is 3.14. The van der Waals surface area contributed by atoms with Crippen LogP contribution < -0.4 is 10.6 Å². The zero-order valence-electron chi connectivity index (χ0n) is 12.6. The summed E-state index contributed by atoms with van der Waals surface area (Å²) in [4.78, 5) is 23.0. The fourth-order valence-corrected chi connectivity index (χ4v) is 1.98. The Balaban J connectivity index is 2.37. The minimum absolute atomic E-state index is 0.109. The van der Waals surface area contributed by atoms with E-state index in [4.69, 9.17) is 0 Å². The van der Waals surface area contributed by atoms with Crippen LogP contribution in [0.25, 0.3) is 0 Å². The van der Waals surface area contributed by atoms with Crippen LogP contribution in [0.2, 0.25) is 0 Å². The van der Waals surface area contributed by atoms with Crippen LogP contribution in [0, 0.1) is 0 Å². The topological polar surface area (TPSA) is 78.4 Å². The molecular formula is C16H24N2O3. The summed E-state index contributed by atoms with van der Waals surface area (Å²) in [7, 11) is 0. The number of amides is 1. The summed E-state index contributed by atoms with van der Waals surface area (Å²) in [5.74, 6) is -1.74. The molecule has 0 bridgehead atoms. The summed E-state index contributed by atoms with van der Waals surface area (Å²) in [5, 5.41) is 15.2. The fraction of sp³-hybridized carbons (Fsp3) is 0.500. The maximum Gasteiger partial charge on any atom is 0.312 e. The lowest BCUT2D eigenvalue weighted by molar-refractivity contribution is -0.138. The van der Waals surface area contributed by atoms with Gasteiger partial charge in [0.15, 0.2) is 0 Å². The Morgan fingerprint density at radius 2 is 1.86 bits per heavy atom. The molecule has 5 heteroatoms. The zero-order chi connectivity index (χ0) is 15.7. The summed E-state index contributed by atoms with van der Waals surface area (Å²) in [6.07, 6.45) is 1.15. The van der Waals surface area contributed by atoms with Gasteiger partial charge in [0.25, 0.3) is 0 Å². The lowest BCUT2D eigenvalue weighted by Gasteiger charge is -2.14. The summed E-state index contributed by atoms with van der Waals surface area (Å²) in [5.41, 5.74) is 0.701. The number of nitrogens with one attached hydrogen (secondary N) is 2. The molecule has 1 amide bonds. The monoisotopic (exact) mass is 292 g/mol. The molecule has 3 N–H and O–H groups in total. The molecule has 0 aliphatic carbocycles. The highest BCUT2D eigenvalue weighted by molar-refractivity contribution is 5.79. The van der Waals surface area contributed by atoms with Gasteiger partial charge >= 0.3 is 5.97 Å². The molecule has 0 radical (unpaired) electrons. The van der Waals surface area contributed by atoms with Crippen LogP contribution in [0.4, 0.5) is 0 Å². The molecule has 0 saturated carbocycles. The first-order valence-electron chi connectivity index (χ1n) is 7.28. The molecule has 0 spiro atoms. The van der Waals surface area contributed by atoms with Gasteiger partial charge in [-0.2, -0.15) is 0 Å². The molecule has 1 unspecified atom stereocenters. The van der Waals surface area contributed by atoms with Gasteiger partial charge in [-0.05, 0) is 18.5 Å².